The molecule has 2 amide bonds. The van der Waals surface area contributed by atoms with E-state index in [1.54, 1.807) is 32.4 Å². The number of aryl methyl sites for hydroxylation is 1. The van der Waals surface area contributed by atoms with Gasteiger partial charge in [0.25, 0.3) is 0 Å². The number of benzene rings is 2. The van der Waals surface area contributed by atoms with Gasteiger partial charge in [-0.1, -0.05) is 28.1 Å². The zero-order valence-electron chi connectivity index (χ0n) is 14.9. The standard InChI is InChI=1S/C19H21BrN2O4/c1-12(23)21-15-9-8-14(20)11-16(15)22-18(24)10-7-13-5-4-6-17(25-2)19(13)26-3/h4-6,8-9,11H,7,10H2,1-3H3,(H,21,23)(H,22,24). The Labute approximate surface area is 161 Å². The summed E-state index contributed by atoms with van der Waals surface area (Å²) in [4.78, 5) is 23.7. The summed E-state index contributed by atoms with van der Waals surface area (Å²) in [6, 6.07) is 10.8. The minimum Gasteiger partial charge on any atom is -0.493 e. The van der Waals surface area contributed by atoms with Crippen molar-refractivity contribution < 1.29 is 19.1 Å². The Kier molecular flexibility index (Phi) is 7.03. The molecule has 0 radical (unpaired) electrons. The molecule has 2 aromatic rings. The average Bonchev–Trinajstić information content (AvgIpc) is 2.61. The third-order valence-corrected chi connectivity index (χ3v) is 4.17. The minimum atomic E-state index is -0.205. The predicted molar refractivity (Wildman–Crippen MR) is 105 cm³/mol. The Morgan fingerprint density at radius 3 is 2.46 bits per heavy atom. The topological polar surface area (TPSA) is 76.7 Å². The van der Waals surface area contributed by atoms with E-state index in [9.17, 15) is 9.59 Å². The molecule has 0 aliphatic heterocycles. The molecule has 0 bridgehead atoms. The quantitative estimate of drug-likeness (QED) is 0.709. The molecule has 0 saturated heterocycles. The smallest absolute Gasteiger partial charge is 0.224 e. The number of hydrogen-bond donors (Lipinski definition) is 2. The van der Waals surface area contributed by atoms with Crippen molar-refractivity contribution in [2.24, 2.45) is 0 Å². The average molecular weight is 421 g/mol. The van der Waals surface area contributed by atoms with Crippen LogP contribution in [0.5, 0.6) is 11.5 Å². The van der Waals surface area contributed by atoms with Crippen molar-refractivity contribution >= 4 is 39.1 Å². The third-order valence-electron chi connectivity index (χ3n) is 3.67. The molecule has 0 aliphatic carbocycles. The van der Waals surface area contributed by atoms with Crippen LogP contribution >= 0.6 is 15.9 Å². The first-order chi connectivity index (χ1) is 12.4. The van der Waals surface area contributed by atoms with Gasteiger partial charge >= 0.3 is 0 Å². The van der Waals surface area contributed by atoms with E-state index in [-0.39, 0.29) is 18.2 Å². The first kappa shape index (κ1) is 19.8. The molecule has 2 rings (SSSR count). The summed E-state index contributed by atoms with van der Waals surface area (Å²) in [5.74, 6) is 0.887. The number of carbonyl (C=O) groups is 2. The van der Waals surface area contributed by atoms with Gasteiger partial charge < -0.3 is 20.1 Å². The zero-order valence-corrected chi connectivity index (χ0v) is 16.5. The second-order valence-corrected chi connectivity index (χ2v) is 6.49. The Hall–Kier alpha value is -2.54. The molecule has 138 valence electrons. The summed E-state index contributed by atoms with van der Waals surface area (Å²) in [6.45, 7) is 1.42. The highest BCUT2D eigenvalue weighted by molar-refractivity contribution is 9.10. The fourth-order valence-electron chi connectivity index (χ4n) is 2.53. The Bertz CT molecular complexity index is 808. The van der Waals surface area contributed by atoms with E-state index in [0.717, 1.165) is 10.0 Å². The van der Waals surface area contributed by atoms with Crippen LogP contribution in [0, 0.1) is 0 Å². The van der Waals surface area contributed by atoms with Gasteiger partial charge in [0.2, 0.25) is 11.8 Å². The van der Waals surface area contributed by atoms with E-state index < -0.39 is 0 Å². The Balaban J connectivity index is 2.08. The SMILES string of the molecule is COc1cccc(CCC(=O)Nc2cc(Br)ccc2NC(C)=O)c1OC. The Morgan fingerprint density at radius 1 is 1.04 bits per heavy atom. The lowest BCUT2D eigenvalue weighted by atomic mass is 10.1. The Morgan fingerprint density at radius 2 is 1.81 bits per heavy atom. The maximum Gasteiger partial charge on any atom is 0.224 e. The summed E-state index contributed by atoms with van der Waals surface area (Å²) in [5, 5.41) is 5.54. The highest BCUT2D eigenvalue weighted by Crippen LogP contribution is 2.31. The number of halogens is 1. The van der Waals surface area contributed by atoms with Crippen LogP contribution in [0.4, 0.5) is 11.4 Å². The van der Waals surface area contributed by atoms with Crippen molar-refractivity contribution in [2.75, 3.05) is 24.9 Å². The molecular formula is C19H21BrN2O4. The van der Waals surface area contributed by atoms with Crippen LogP contribution in [0.3, 0.4) is 0 Å². The van der Waals surface area contributed by atoms with Gasteiger partial charge in [-0.3, -0.25) is 9.59 Å². The molecule has 6 nitrogen and oxygen atoms in total. The lowest BCUT2D eigenvalue weighted by Crippen LogP contribution is -2.15. The van der Waals surface area contributed by atoms with Crippen molar-refractivity contribution in [3.63, 3.8) is 0 Å². The van der Waals surface area contributed by atoms with Crippen molar-refractivity contribution in [1.29, 1.82) is 0 Å². The van der Waals surface area contributed by atoms with E-state index >= 15 is 0 Å². The van der Waals surface area contributed by atoms with Crippen molar-refractivity contribution in [2.45, 2.75) is 19.8 Å². The second-order valence-electron chi connectivity index (χ2n) is 5.57. The van der Waals surface area contributed by atoms with Gasteiger partial charge in [-0.15, -0.1) is 0 Å². The van der Waals surface area contributed by atoms with Gasteiger partial charge in [0.15, 0.2) is 11.5 Å². The van der Waals surface area contributed by atoms with Crippen LogP contribution in [0.2, 0.25) is 0 Å². The number of rotatable bonds is 7. The van der Waals surface area contributed by atoms with Crippen molar-refractivity contribution in [3.05, 3.63) is 46.4 Å². The summed E-state index contributed by atoms with van der Waals surface area (Å²) < 4.78 is 11.5. The number of carbonyl (C=O) groups excluding carboxylic acids is 2. The lowest BCUT2D eigenvalue weighted by Gasteiger charge is -2.14. The molecule has 0 saturated carbocycles. The van der Waals surface area contributed by atoms with Crippen molar-refractivity contribution in [1.82, 2.24) is 0 Å². The fourth-order valence-corrected chi connectivity index (χ4v) is 2.89. The number of anilines is 2. The van der Waals surface area contributed by atoms with Crippen LogP contribution in [0.1, 0.15) is 18.9 Å². The first-order valence-electron chi connectivity index (χ1n) is 8.01. The number of ether oxygens (including phenoxy) is 2. The van der Waals surface area contributed by atoms with Gasteiger partial charge in [-0.2, -0.15) is 0 Å². The van der Waals surface area contributed by atoms with Crippen LogP contribution < -0.4 is 20.1 Å². The van der Waals surface area contributed by atoms with Crippen LogP contribution in [-0.2, 0) is 16.0 Å². The highest BCUT2D eigenvalue weighted by atomic mass is 79.9. The molecule has 0 spiro atoms. The van der Waals surface area contributed by atoms with E-state index in [2.05, 4.69) is 26.6 Å². The fraction of sp³-hybridized carbons (Fsp3) is 0.263. The number of nitrogens with one attached hydrogen (secondary N) is 2. The lowest BCUT2D eigenvalue weighted by molar-refractivity contribution is -0.116. The summed E-state index contributed by atoms with van der Waals surface area (Å²) in [5.41, 5.74) is 1.98. The van der Waals surface area contributed by atoms with Crippen LogP contribution in [0.15, 0.2) is 40.9 Å². The third kappa shape index (κ3) is 5.23. The van der Waals surface area contributed by atoms with E-state index in [0.29, 0.717) is 29.3 Å². The maximum absolute atomic E-state index is 12.4. The summed E-state index contributed by atoms with van der Waals surface area (Å²) in [6.07, 6.45) is 0.755. The molecule has 0 aromatic heterocycles. The van der Waals surface area contributed by atoms with E-state index in [4.69, 9.17) is 9.47 Å². The number of para-hydroxylation sites is 1. The van der Waals surface area contributed by atoms with Gasteiger partial charge in [-0.25, -0.2) is 0 Å². The number of amides is 2. The molecular weight excluding hydrogens is 400 g/mol. The largest absolute Gasteiger partial charge is 0.493 e. The van der Waals surface area contributed by atoms with E-state index in [1.165, 1.54) is 6.92 Å². The summed E-state index contributed by atoms with van der Waals surface area (Å²) >= 11 is 3.37. The van der Waals surface area contributed by atoms with Gasteiger partial charge in [0.1, 0.15) is 0 Å². The van der Waals surface area contributed by atoms with E-state index in [1.807, 2.05) is 18.2 Å². The highest BCUT2D eigenvalue weighted by Gasteiger charge is 2.13. The summed E-state index contributed by atoms with van der Waals surface area (Å²) in [7, 11) is 3.15. The van der Waals surface area contributed by atoms with Gasteiger partial charge in [0.05, 0.1) is 25.6 Å². The first-order valence-corrected chi connectivity index (χ1v) is 8.80. The molecule has 0 unspecified atom stereocenters. The van der Waals surface area contributed by atoms with Gasteiger partial charge in [-0.05, 0) is 36.2 Å². The normalized spacial score (nSPS) is 10.2. The molecule has 0 heterocycles. The molecule has 7 heteroatoms. The molecule has 0 aliphatic rings. The zero-order chi connectivity index (χ0) is 19.1. The molecule has 0 fully saturated rings. The molecule has 2 aromatic carbocycles. The number of methoxy groups -OCH3 is 2. The predicted octanol–water partition coefficient (Wildman–Crippen LogP) is 4.00. The molecule has 0 atom stereocenters. The van der Waals surface area contributed by atoms with Crippen molar-refractivity contribution in [3.8, 4) is 11.5 Å². The second kappa shape index (κ2) is 9.24. The van der Waals surface area contributed by atoms with Gasteiger partial charge in [0, 0.05) is 17.8 Å². The minimum absolute atomic E-state index is 0.167. The number of hydrogen-bond acceptors (Lipinski definition) is 4. The van der Waals surface area contributed by atoms with Crippen LogP contribution in [0.25, 0.3) is 0 Å². The maximum atomic E-state index is 12.4. The molecule has 2 N–H and O–H groups in total. The monoisotopic (exact) mass is 420 g/mol. The van der Waals surface area contributed by atoms with Crippen LogP contribution in [-0.4, -0.2) is 26.0 Å². The molecule has 26 heavy (non-hydrogen) atoms.